The van der Waals surface area contributed by atoms with E-state index in [0.29, 0.717) is 37.8 Å². The van der Waals surface area contributed by atoms with Crippen LogP contribution in [0.3, 0.4) is 0 Å². The summed E-state index contributed by atoms with van der Waals surface area (Å²) in [4.78, 5) is 16.0. The summed E-state index contributed by atoms with van der Waals surface area (Å²) in [6.07, 6.45) is 0.231. The molecule has 2 aliphatic heterocycles. The van der Waals surface area contributed by atoms with E-state index in [1.165, 1.54) is 11.3 Å². The van der Waals surface area contributed by atoms with Crippen molar-refractivity contribution in [2.24, 2.45) is 17.8 Å². The maximum Gasteiger partial charge on any atom is 0.401 e. The van der Waals surface area contributed by atoms with E-state index < -0.39 is 12.7 Å². The van der Waals surface area contributed by atoms with Crippen molar-refractivity contribution in [3.8, 4) is 0 Å². The van der Waals surface area contributed by atoms with Crippen LogP contribution in [0.15, 0.2) is 0 Å². The maximum absolute atomic E-state index is 12.7. The van der Waals surface area contributed by atoms with Gasteiger partial charge in [-0.15, -0.1) is 0 Å². The Balaban J connectivity index is 1.80. The molecule has 2 saturated heterocycles. The minimum absolute atomic E-state index is 0.0879. The van der Waals surface area contributed by atoms with Gasteiger partial charge in [0.05, 0.1) is 6.54 Å². The fourth-order valence-corrected chi connectivity index (χ4v) is 3.86. The van der Waals surface area contributed by atoms with Gasteiger partial charge in [0.1, 0.15) is 0 Å². The van der Waals surface area contributed by atoms with E-state index in [0.717, 1.165) is 25.9 Å². The number of hydrogen-bond donors (Lipinski definition) is 0. The summed E-state index contributed by atoms with van der Waals surface area (Å²) in [7, 11) is 0. The molecule has 2 heterocycles. The lowest BCUT2D eigenvalue weighted by Crippen LogP contribution is -2.45. The average molecular weight is 334 g/mol. The number of rotatable bonds is 3. The molecule has 0 saturated carbocycles. The van der Waals surface area contributed by atoms with Crippen molar-refractivity contribution in [3.63, 3.8) is 0 Å². The summed E-state index contributed by atoms with van der Waals surface area (Å²) >= 11 is 0. The first-order chi connectivity index (χ1) is 10.8. The van der Waals surface area contributed by atoms with Crippen molar-refractivity contribution in [1.82, 2.24) is 9.80 Å². The van der Waals surface area contributed by atoms with Crippen LogP contribution in [0.25, 0.3) is 0 Å². The number of halogens is 3. The molecule has 6 heteroatoms. The van der Waals surface area contributed by atoms with Crippen LogP contribution >= 0.6 is 0 Å². The van der Waals surface area contributed by atoms with Crippen LogP contribution in [0.1, 0.15) is 46.0 Å². The van der Waals surface area contributed by atoms with Crippen molar-refractivity contribution < 1.29 is 18.0 Å². The number of nitrogens with zero attached hydrogens (tertiary/aromatic N) is 2. The molecule has 2 fully saturated rings. The Morgan fingerprint density at radius 2 is 1.70 bits per heavy atom. The van der Waals surface area contributed by atoms with E-state index in [1.54, 1.807) is 0 Å². The zero-order valence-electron chi connectivity index (χ0n) is 14.2. The van der Waals surface area contributed by atoms with Crippen LogP contribution in [0, 0.1) is 17.8 Å². The summed E-state index contributed by atoms with van der Waals surface area (Å²) < 4.78 is 37.3. The third kappa shape index (κ3) is 5.66. The van der Waals surface area contributed by atoms with Crippen molar-refractivity contribution in [2.75, 3.05) is 32.7 Å². The number of carbonyl (C=O) groups is 1. The van der Waals surface area contributed by atoms with E-state index >= 15 is 0 Å². The Kier molecular flexibility index (Phi) is 6.34. The average Bonchev–Trinajstić information content (AvgIpc) is 2.71. The highest BCUT2D eigenvalue weighted by atomic mass is 19.4. The normalized spacial score (nSPS) is 25.7. The van der Waals surface area contributed by atoms with Crippen LogP contribution in [-0.4, -0.2) is 54.6 Å². The zero-order chi connectivity index (χ0) is 17.0. The number of likely N-dealkylation sites (tertiary alicyclic amines) is 2. The molecule has 0 aliphatic carbocycles. The first-order valence-electron chi connectivity index (χ1n) is 8.84. The fraction of sp³-hybridized carbons (Fsp3) is 0.941. The van der Waals surface area contributed by atoms with Crippen LogP contribution in [0.5, 0.6) is 0 Å². The molecule has 0 radical (unpaired) electrons. The van der Waals surface area contributed by atoms with Gasteiger partial charge in [0.25, 0.3) is 0 Å². The van der Waals surface area contributed by atoms with E-state index in [1.807, 2.05) is 4.90 Å². The van der Waals surface area contributed by atoms with Gasteiger partial charge in [0, 0.05) is 19.0 Å². The standard InChI is InChI=1S/C17H29F3N2O/c1-13(2)14-4-3-8-22(11-7-14)16(23)15-5-9-21(10-6-15)12-17(18,19)20/h13-15H,3-12H2,1-2H3/t14-/m1/s1. The van der Waals surface area contributed by atoms with Crippen molar-refractivity contribution in [2.45, 2.75) is 52.1 Å². The molecule has 2 aliphatic rings. The molecule has 0 aromatic carbocycles. The molecule has 0 aromatic heterocycles. The molecule has 0 aromatic rings. The minimum atomic E-state index is -4.15. The third-order valence-corrected chi connectivity index (χ3v) is 5.37. The molecule has 23 heavy (non-hydrogen) atoms. The quantitative estimate of drug-likeness (QED) is 0.788. The second kappa shape index (κ2) is 7.86. The second-order valence-electron chi connectivity index (χ2n) is 7.43. The number of alkyl halides is 3. The highest BCUT2D eigenvalue weighted by Gasteiger charge is 2.35. The lowest BCUT2D eigenvalue weighted by Gasteiger charge is -2.34. The van der Waals surface area contributed by atoms with E-state index in [4.69, 9.17) is 0 Å². The molecule has 0 N–H and O–H groups in total. The number of carbonyl (C=O) groups excluding carboxylic acids is 1. The topological polar surface area (TPSA) is 23.6 Å². The third-order valence-electron chi connectivity index (χ3n) is 5.37. The van der Waals surface area contributed by atoms with Gasteiger partial charge in [-0.3, -0.25) is 9.69 Å². The summed E-state index contributed by atoms with van der Waals surface area (Å²) in [5.41, 5.74) is 0. The molecule has 3 nitrogen and oxygen atoms in total. The van der Waals surface area contributed by atoms with Gasteiger partial charge < -0.3 is 4.90 Å². The highest BCUT2D eigenvalue weighted by Crippen LogP contribution is 2.28. The van der Waals surface area contributed by atoms with Gasteiger partial charge in [0.15, 0.2) is 0 Å². The van der Waals surface area contributed by atoms with Crippen molar-refractivity contribution >= 4 is 5.91 Å². The summed E-state index contributed by atoms with van der Waals surface area (Å²) in [6.45, 7) is 5.98. The molecule has 0 unspecified atom stereocenters. The van der Waals surface area contributed by atoms with Crippen molar-refractivity contribution in [3.05, 3.63) is 0 Å². The Bertz CT molecular complexity index is 390. The van der Waals surface area contributed by atoms with E-state index in [9.17, 15) is 18.0 Å². The van der Waals surface area contributed by atoms with E-state index in [-0.39, 0.29) is 11.8 Å². The smallest absolute Gasteiger partial charge is 0.342 e. The lowest BCUT2D eigenvalue weighted by molar-refractivity contribution is -0.151. The van der Waals surface area contributed by atoms with E-state index in [2.05, 4.69) is 13.8 Å². The first kappa shape index (κ1) is 18.6. The van der Waals surface area contributed by atoms with Crippen LogP contribution in [0.4, 0.5) is 13.2 Å². The summed E-state index contributed by atoms with van der Waals surface area (Å²) in [6, 6.07) is 0. The fourth-order valence-electron chi connectivity index (χ4n) is 3.86. The monoisotopic (exact) mass is 334 g/mol. The van der Waals surface area contributed by atoms with Crippen LogP contribution in [0.2, 0.25) is 0 Å². The molecular formula is C17H29F3N2O. The molecule has 134 valence electrons. The Hall–Kier alpha value is -0.780. The van der Waals surface area contributed by atoms with Gasteiger partial charge >= 0.3 is 6.18 Å². The van der Waals surface area contributed by atoms with Gasteiger partial charge in [-0.1, -0.05) is 13.8 Å². The summed E-state index contributed by atoms with van der Waals surface area (Å²) in [5.74, 6) is 1.41. The van der Waals surface area contributed by atoms with Gasteiger partial charge in [-0.05, 0) is 57.0 Å². The first-order valence-corrected chi connectivity index (χ1v) is 8.84. The minimum Gasteiger partial charge on any atom is -0.342 e. The SMILES string of the molecule is CC(C)[C@@H]1CCCN(C(=O)C2CCN(CC(F)(F)F)CC2)CC1. The zero-order valence-corrected chi connectivity index (χ0v) is 14.2. The van der Waals surface area contributed by atoms with Crippen LogP contribution < -0.4 is 0 Å². The van der Waals surface area contributed by atoms with Gasteiger partial charge in [-0.2, -0.15) is 13.2 Å². The highest BCUT2D eigenvalue weighted by molar-refractivity contribution is 5.79. The number of hydrogen-bond acceptors (Lipinski definition) is 2. The second-order valence-corrected chi connectivity index (χ2v) is 7.43. The largest absolute Gasteiger partial charge is 0.401 e. The van der Waals surface area contributed by atoms with Gasteiger partial charge in [0.2, 0.25) is 5.91 Å². The Morgan fingerprint density at radius 1 is 1.04 bits per heavy atom. The van der Waals surface area contributed by atoms with Crippen molar-refractivity contribution in [1.29, 1.82) is 0 Å². The van der Waals surface area contributed by atoms with Crippen LogP contribution in [-0.2, 0) is 4.79 Å². The number of piperidine rings is 1. The molecule has 1 amide bonds. The Morgan fingerprint density at radius 3 is 2.26 bits per heavy atom. The Labute approximate surface area is 137 Å². The predicted molar refractivity (Wildman–Crippen MR) is 84.0 cm³/mol. The molecule has 0 bridgehead atoms. The molecule has 2 rings (SSSR count). The predicted octanol–water partition coefficient (Wildman–Crippen LogP) is 3.55. The summed E-state index contributed by atoms with van der Waals surface area (Å²) in [5, 5.41) is 0. The molecule has 1 atom stereocenters. The lowest BCUT2D eigenvalue weighted by atomic mass is 9.89. The molecule has 0 spiro atoms. The number of amides is 1. The maximum atomic E-state index is 12.7. The molecular weight excluding hydrogens is 305 g/mol. The van der Waals surface area contributed by atoms with Gasteiger partial charge in [-0.25, -0.2) is 0 Å².